The number of ether oxygens (including phenoxy) is 1. The molecule has 0 aliphatic rings. The number of benzene rings is 3. The van der Waals surface area contributed by atoms with Gasteiger partial charge in [-0.05, 0) is 97.5 Å². The minimum atomic E-state index is -3.15. The summed E-state index contributed by atoms with van der Waals surface area (Å²) in [7, 11) is -3.15. The predicted octanol–water partition coefficient (Wildman–Crippen LogP) is 10.0. The van der Waals surface area contributed by atoms with Gasteiger partial charge in [-0.3, -0.25) is 14.4 Å². The zero-order valence-electron chi connectivity index (χ0n) is 36.1. The summed E-state index contributed by atoms with van der Waals surface area (Å²) in [5, 5.41) is 5.87. The lowest BCUT2D eigenvalue weighted by molar-refractivity contribution is -0.123. The smallest absolute Gasteiger partial charge is 0.278 e. The number of aryl methyl sites for hydroxylation is 1. The van der Waals surface area contributed by atoms with Crippen molar-refractivity contribution in [3.05, 3.63) is 76.3 Å². The first-order valence-corrected chi connectivity index (χ1v) is 22.2. The maximum absolute atomic E-state index is 13.9. The molecule has 3 aromatic rings. The number of nitrogens with zero attached hydrogens (tertiary/aromatic N) is 2. The summed E-state index contributed by atoms with van der Waals surface area (Å²) in [5.74, 6) is -0.930. The van der Waals surface area contributed by atoms with Gasteiger partial charge in [-0.1, -0.05) is 93.0 Å². The summed E-state index contributed by atoms with van der Waals surface area (Å²) in [6.07, 6.45) is 2.67. The van der Waals surface area contributed by atoms with E-state index in [2.05, 4.69) is 69.3 Å². The van der Waals surface area contributed by atoms with Crippen molar-refractivity contribution in [1.29, 1.82) is 0 Å². The molecule has 0 aliphatic heterocycles. The van der Waals surface area contributed by atoms with Crippen molar-refractivity contribution in [3.8, 4) is 5.75 Å². The number of hydrogen-bond donors (Lipinski definition) is 2. The van der Waals surface area contributed by atoms with Crippen LogP contribution in [0.3, 0.4) is 0 Å². The maximum Gasteiger partial charge on any atom is 0.278 e. The van der Waals surface area contributed by atoms with Gasteiger partial charge in [0, 0.05) is 41.7 Å². The highest BCUT2D eigenvalue weighted by molar-refractivity contribution is 7.90. The molecule has 0 radical (unpaired) electrons. The fraction of sp³-hybridized carbons (Fsp3) is 0.511. The van der Waals surface area contributed by atoms with Crippen LogP contribution in [0, 0.1) is 12.3 Å². The lowest BCUT2D eigenvalue weighted by Crippen LogP contribution is -2.37. The summed E-state index contributed by atoms with van der Waals surface area (Å²) in [5.41, 5.74) is 3.26. The third kappa shape index (κ3) is 12.6. The molecule has 312 valence electrons. The van der Waals surface area contributed by atoms with E-state index in [9.17, 15) is 22.8 Å². The molecule has 0 saturated heterocycles. The lowest BCUT2D eigenvalue weighted by Gasteiger charge is -2.31. The summed E-state index contributed by atoms with van der Waals surface area (Å²) in [6.45, 7) is 24.8. The first-order valence-electron chi connectivity index (χ1n) is 19.8. The van der Waals surface area contributed by atoms with Gasteiger partial charge in [0.1, 0.15) is 15.6 Å². The molecular formula is C45H63ClN4O6S. The molecule has 1 atom stereocenters. The van der Waals surface area contributed by atoms with Gasteiger partial charge >= 0.3 is 0 Å². The third-order valence-electron chi connectivity index (χ3n) is 10.7. The number of anilines is 3. The average Bonchev–Trinajstić information content (AvgIpc) is 3.13. The second-order valence-corrected chi connectivity index (χ2v) is 19.7. The molecule has 0 bridgehead atoms. The van der Waals surface area contributed by atoms with Crippen molar-refractivity contribution in [2.24, 2.45) is 10.4 Å². The quantitative estimate of drug-likeness (QED) is 0.0964. The second-order valence-electron chi connectivity index (χ2n) is 17.1. The number of rotatable bonds is 18. The Morgan fingerprint density at radius 2 is 1.51 bits per heavy atom. The van der Waals surface area contributed by atoms with E-state index in [-0.39, 0.29) is 38.9 Å². The molecule has 2 N–H and O–H groups in total. The van der Waals surface area contributed by atoms with Crippen LogP contribution in [-0.2, 0) is 35.1 Å². The standard InChI is InChI=1S/C45H63ClN4O6S/c1-14-37(56-38-23-18-30(44(9,10)15-2)27-33(38)45(11,12)16-3)41(52)47-31-19-21-34(46)36(28-31)49-42(53)39(40(51)43(6,7)8)48-35-22-20-32(26-29(35)5)50(17-4)24-25-57(13,54)55/h18-23,26-28,37H,14-17,24-25H2,1-13H3,(H,47,52)(H,49,53). The molecular weight excluding hydrogens is 760 g/mol. The largest absolute Gasteiger partial charge is 0.480 e. The summed E-state index contributed by atoms with van der Waals surface area (Å²) in [6, 6.07) is 16.3. The Kier molecular flexibility index (Phi) is 15.7. The van der Waals surface area contributed by atoms with Crippen LogP contribution in [-0.4, -0.2) is 62.9 Å². The molecule has 0 aromatic heterocycles. The van der Waals surface area contributed by atoms with Crippen LogP contribution in [0.4, 0.5) is 22.7 Å². The van der Waals surface area contributed by atoms with Gasteiger partial charge in [0.05, 0.1) is 22.2 Å². The van der Waals surface area contributed by atoms with Gasteiger partial charge in [0.15, 0.2) is 17.6 Å². The fourth-order valence-corrected chi connectivity index (χ4v) is 6.66. The van der Waals surface area contributed by atoms with Gasteiger partial charge in [0.2, 0.25) is 0 Å². The minimum Gasteiger partial charge on any atom is -0.480 e. The van der Waals surface area contributed by atoms with Crippen LogP contribution in [0.25, 0.3) is 0 Å². The topological polar surface area (TPSA) is 134 Å². The summed E-state index contributed by atoms with van der Waals surface area (Å²) in [4.78, 5) is 47.8. The van der Waals surface area contributed by atoms with Crippen LogP contribution in [0.15, 0.2) is 59.6 Å². The fourth-order valence-electron chi connectivity index (χ4n) is 5.94. The van der Waals surface area contributed by atoms with Gasteiger partial charge in [-0.2, -0.15) is 0 Å². The van der Waals surface area contributed by atoms with Gasteiger partial charge in [-0.15, -0.1) is 0 Å². The highest BCUT2D eigenvalue weighted by atomic mass is 35.5. The van der Waals surface area contributed by atoms with E-state index >= 15 is 0 Å². The van der Waals surface area contributed by atoms with Crippen LogP contribution < -0.4 is 20.3 Å². The summed E-state index contributed by atoms with van der Waals surface area (Å²) < 4.78 is 30.0. The number of nitrogens with one attached hydrogen (secondary N) is 2. The molecule has 3 rings (SSSR count). The van der Waals surface area contributed by atoms with Crippen molar-refractivity contribution in [1.82, 2.24) is 0 Å². The molecule has 12 heteroatoms. The van der Waals surface area contributed by atoms with Crippen molar-refractivity contribution >= 4 is 67.5 Å². The van der Waals surface area contributed by atoms with E-state index in [0.29, 0.717) is 42.2 Å². The van der Waals surface area contributed by atoms with E-state index in [1.54, 1.807) is 45.0 Å². The number of Topliss-reactive ketones (excluding diaryl/α,β-unsaturated/α-hetero) is 1. The Labute approximate surface area is 346 Å². The lowest BCUT2D eigenvalue weighted by atomic mass is 9.76. The van der Waals surface area contributed by atoms with Crippen molar-refractivity contribution in [2.75, 3.05) is 40.6 Å². The number of ketones is 1. The molecule has 0 spiro atoms. The summed E-state index contributed by atoms with van der Waals surface area (Å²) >= 11 is 6.56. The number of sulfone groups is 1. The average molecular weight is 824 g/mol. The van der Waals surface area contributed by atoms with Crippen molar-refractivity contribution < 1.29 is 27.5 Å². The maximum atomic E-state index is 13.9. The van der Waals surface area contributed by atoms with Gasteiger partial charge < -0.3 is 20.3 Å². The Bertz CT molecular complexity index is 2090. The normalized spacial score (nSPS) is 13.2. The SMILES string of the molecule is CCC(Oc1ccc(C(C)(C)CC)cc1C(C)(C)CC)C(=O)Nc1ccc(Cl)c(NC(=O)C(=Nc2ccc(N(CC)CCS(C)(=O)=O)cc2C)C(=O)C(C)(C)C)c1. The number of halogens is 1. The highest BCUT2D eigenvalue weighted by Crippen LogP contribution is 2.39. The molecule has 3 aromatic carbocycles. The molecule has 0 saturated carbocycles. The van der Waals surface area contributed by atoms with Crippen molar-refractivity contribution in [3.63, 3.8) is 0 Å². The van der Waals surface area contributed by atoms with Crippen molar-refractivity contribution in [2.45, 2.75) is 119 Å². The number of amides is 2. The zero-order valence-corrected chi connectivity index (χ0v) is 37.7. The van der Waals surface area contributed by atoms with Crippen LogP contribution in [0.5, 0.6) is 5.75 Å². The first kappa shape index (κ1) is 47.2. The number of carbonyl (C=O) groups excluding carboxylic acids is 3. The monoisotopic (exact) mass is 822 g/mol. The van der Waals surface area contributed by atoms with Crippen LogP contribution >= 0.6 is 11.6 Å². The highest BCUT2D eigenvalue weighted by Gasteiger charge is 2.32. The van der Waals surface area contributed by atoms with E-state index in [1.165, 1.54) is 17.9 Å². The Hall–Kier alpha value is -4.22. The molecule has 0 fully saturated rings. The Morgan fingerprint density at radius 3 is 2.05 bits per heavy atom. The van der Waals surface area contributed by atoms with E-state index in [0.717, 1.165) is 24.1 Å². The second kappa shape index (κ2) is 19.0. The zero-order chi connectivity index (χ0) is 43.1. The predicted molar refractivity (Wildman–Crippen MR) is 237 cm³/mol. The van der Waals surface area contributed by atoms with Crippen LogP contribution in [0.1, 0.15) is 112 Å². The number of hydrogen-bond acceptors (Lipinski definition) is 8. The van der Waals surface area contributed by atoms with E-state index in [1.807, 2.05) is 37.8 Å². The minimum absolute atomic E-state index is 0.00920. The van der Waals surface area contributed by atoms with Crippen LogP contribution in [0.2, 0.25) is 5.02 Å². The third-order valence-corrected chi connectivity index (χ3v) is 11.9. The molecule has 2 amide bonds. The Morgan fingerprint density at radius 1 is 0.860 bits per heavy atom. The number of carbonyl (C=O) groups is 3. The molecule has 0 heterocycles. The molecule has 57 heavy (non-hydrogen) atoms. The Balaban J connectivity index is 1.92. The molecule has 0 aliphatic carbocycles. The molecule has 10 nitrogen and oxygen atoms in total. The van der Waals surface area contributed by atoms with Gasteiger partial charge in [0.25, 0.3) is 11.8 Å². The molecule has 1 unspecified atom stereocenters. The van der Waals surface area contributed by atoms with E-state index < -0.39 is 33.0 Å². The van der Waals surface area contributed by atoms with Gasteiger partial charge in [-0.25, -0.2) is 13.4 Å². The number of aliphatic imine (C=N–C) groups is 1. The first-order chi connectivity index (χ1) is 26.4. The van der Waals surface area contributed by atoms with E-state index in [4.69, 9.17) is 16.3 Å².